The zero-order valence-electron chi connectivity index (χ0n) is 15.4. The van der Waals surface area contributed by atoms with E-state index in [0.29, 0.717) is 36.4 Å². The Morgan fingerprint density at radius 2 is 1.86 bits per heavy atom. The Morgan fingerprint density at radius 3 is 2.64 bits per heavy atom. The summed E-state index contributed by atoms with van der Waals surface area (Å²) in [4.78, 5) is 4.51. The van der Waals surface area contributed by atoms with Crippen molar-refractivity contribution >= 4 is 12.4 Å². The molecule has 28 heavy (non-hydrogen) atoms. The summed E-state index contributed by atoms with van der Waals surface area (Å²) in [6, 6.07) is 5.66. The number of rotatable bonds is 3. The monoisotopic (exact) mass is 404 g/mol. The second-order valence-electron chi connectivity index (χ2n) is 7.05. The number of hydrogen-bond donors (Lipinski definition) is 1. The number of aromatic nitrogens is 5. The molecule has 0 atom stereocenters. The lowest BCUT2D eigenvalue weighted by Crippen LogP contribution is -2.34. The minimum atomic E-state index is -0.499. The van der Waals surface area contributed by atoms with E-state index < -0.39 is 5.54 Å². The maximum Gasteiger partial charge on any atom is 0.280 e. The lowest BCUT2D eigenvalue weighted by atomic mass is 9.99. The Morgan fingerprint density at radius 1 is 1.11 bits per heavy atom. The van der Waals surface area contributed by atoms with E-state index in [4.69, 9.17) is 19.7 Å². The Hall–Kier alpha value is -2.65. The predicted octanol–water partition coefficient (Wildman–Crippen LogP) is 2.55. The van der Waals surface area contributed by atoms with Crippen molar-refractivity contribution in [3.8, 4) is 28.8 Å². The third-order valence-corrected chi connectivity index (χ3v) is 5.23. The molecule has 148 valence electrons. The molecular formula is C18H21ClN6O3. The lowest BCUT2D eigenvalue weighted by molar-refractivity contribution is 0.171. The highest BCUT2D eigenvalue weighted by Gasteiger charge is 2.36. The molecule has 3 aromatic rings. The maximum absolute atomic E-state index is 6.42. The fraction of sp³-hybridized carbons (Fsp3) is 0.444. The van der Waals surface area contributed by atoms with Crippen LogP contribution in [0.3, 0.4) is 0 Å². The standard InChI is InChI=1S/C18H20N6O3.ClH/c1-11-15(16-20-17(22-27-16)18(19)6-2-3-7-18)21-23-24(11)12-4-5-13-14(10-12)26-9-8-25-13;/h4-5,10H,2-3,6-9,19H2,1H3;1H. The molecule has 0 radical (unpaired) electrons. The third-order valence-electron chi connectivity index (χ3n) is 5.23. The summed E-state index contributed by atoms with van der Waals surface area (Å²) >= 11 is 0. The molecule has 9 nitrogen and oxygen atoms in total. The Kier molecular flexibility index (Phi) is 4.72. The van der Waals surface area contributed by atoms with Crippen LogP contribution in [0.25, 0.3) is 17.3 Å². The van der Waals surface area contributed by atoms with Crippen molar-refractivity contribution < 1.29 is 14.0 Å². The first-order valence-corrected chi connectivity index (χ1v) is 9.10. The van der Waals surface area contributed by atoms with Crippen LogP contribution < -0.4 is 15.2 Å². The molecule has 1 fully saturated rings. The van der Waals surface area contributed by atoms with Crippen molar-refractivity contribution in [2.45, 2.75) is 38.1 Å². The summed E-state index contributed by atoms with van der Waals surface area (Å²) in [5, 5.41) is 12.6. The van der Waals surface area contributed by atoms with Crippen LogP contribution in [0, 0.1) is 6.92 Å². The normalized spacial score (nSPS) is 17.4. The average Bonchev–Trinajstić information content (AvgIpc) is 3.41. The van der Waals surface area contributed by atoms with Gasteiger partial charge in [0.25, 0.3) is 5.89 Å². The van der Waals surface area contributed by atoms with E-state index in [1.807, 2.05) is 25.1 Å². The minimum absolute atomic E-state index is 0. The van der Waals surface area contributed by atoms with Gasteiger partial charge in [0, 0.05) is 6.07 Å². The molecular weight excluding hydrogens is 384 g/mol. The van der Waals surface area contributed by atoms with Gasteiger partial charge in [-0.05, 0) is 31.9 Å². The summed E-state index contributed by atoms with van der Waals surface area (Å²) in [6.07, 6.45) is 3.91. The summed E-state index contributed by atoms with van der Waals surface area (Å²) in [5.74, 6) is 2.31. The molecule has 1 aliphatic carbocycles. The lowest BCUT2D eigenvalue weighted by Gasteiger charge is -2.18. The van der Waals surface area contributed by atoms with Crippen LogP contribution in [0.4, 0.5) is 0 Å². The van der Waals surface area contributed by atoms with E-state index >= 15 is 0 Å². The molecule has 0 bridgehead atoms. The van der Waals surface area contributed by atoms with Crippen molar-refractivity contribution in [2.75, 3.05) is 13.2 Å². The first kappa shape index (κ1) is 18.7. The first-order chi connectivity index (χ1) is 13.1. The van der Waals surface area contributed by atoms with Crippen LogP contribution in [0.15, 0.2) is 22.7 Å². The van der Waals surface area contributed by atoms with Crippen LogP contribution >= 0.6 is 12.4 Å². The molecule has 2 N–H and O–H groups in total. The number of benzene rings is 1. The topological polar surface area (TPSA) is 114 Å². The molecule has 0 spiro atoms. The molecule has 1 saturated carbocycles. The summed E-state index contributed by atoms with van der Waals surface area (Å²) in [7, 11) is 0. The molecule has 10 heteroatoms. The molecule has 2 aliphatic rings. The summed E-state index contributed by atoms with van der Waals surface area (Å²) in [6.45, 7) is 2.99. The molecule has 2 aromatic heterocycles. The van der Waals surface area contributed by atoms with Crippen molar-refractivity contribution in [2.24, 2.45) is 5.73 Å². The third kappa shape index (κ3) is 3.00. The van der Waals surface area contributed by atoms with E-state index in [2.05, 4.69) is 20.5 Å². The quantitative estimate of drug-likeness (QED) is 0.708. The second kappa shape index (κ2) is 7.06. The van der Waals surface area contributed by atoms with Gasteiger partial charge < -0.3 is 19.7 Å². The van der Waals surface area contributed by atoms with Crippen LogP contribution in [0.1, 0.15) is 37.2 Å². The average molecular weight is 405 g/mol. The first-order valence-electron chi connectivity index (χ1n) is 9.10. The summed E-state index contributed by atoms with van der Waals surface area (Å²) < 4.78 is 18.4. The zero-order chi connectivity index (χ0) is 18.4. The Balaban J connectivity index is 0.00000192. The van der Waals surface area contributed by atoms with Gasteiger partial charge in [0.2, 0.25) is 0 Å². The molecule has 1 aromatic carbocycles. The minimum Gasteiger partial charge on any atom is -0.486 e. The number of halogens is 1. The van der Waals surface area contributed by atoms with Crippen molar-refractivity contribution in [3.05, 3.63) is 29.7 Å². The zero-order valence-corrected chi connectivity index (χ0v) is 16.2. The molecule has 1 aliphatic heterocycles. The second-order valence-corrected chi connectivity index (χ2v) is 7.05. The van der Waals surface area contributed by atoms with Crippen LogP contribution in [-0.2, 0) is 5.54 Å². The summed E-state index contributed by atoms with van der Waals surface area (Å²) in [5.41, 5.74) is 8.08. The smallest absolute Gasteiger partial charge is 0.280 e. The number of nitrogens with zero attached hydrogens (tertiary/aromatic N) is 5. The fourth-order valence-electron chi connectivity index (χ4n) is 3.69. The molecule has 3 heterocycles. The number of nitrogens with two attached hydrogens (primary N) is 1. The van der Waals surface area contributed by atoms with Gasteiger partial charge in [-0.25, -0.2) is 4.68 Å². The molecule has 5 rings (SSSR count). The fourth-order valence-corrected chi connectivity index (χ4v) is 3.69. The van der Waals surface area contributed by atoms with E-state index in [-0.39, 0.29) is 12.4 Å². The molecule has 0 saturated heterocycles. The van der Waals surface area contributed by atoms with Gasteiger partial charge in [0.1, 0.15) is 13.2 Å². The predicted molar refractivity (Wildman–Crippen MR) is 102 cm³/mol. The van der Waals surface area contributed by atoms with Gasteiger partial charge in [-0.2, -0.15) is 4.98 Å². The SMILES string of the molecule is Cc1c(-c2nc(C3(N)CCCC3)no2)nnn1-c1ccc2c(c1)OCCO2.Cl. The van der Waals surface area contributed by atoms with Crippen LogP contribution in [0.2, 0.25) is 0 Å². The van der Waals surface area contributed by atoms with E-state index in [0.717, 1.165) is 42.8 Å². The maximum atomic E-state index is 6.42. The van der Waals surface area contributed by atoms with E-state index in [1.54, 1.807) is 4.68 Å². The van der Waals surface area contributed by atoms with Gasteiger partial charge in [-0.15, -0.1) is 17.5 Å². The highest BCUT2D eigenvalue weighted by molar-refractivity contribution is 5.85. The van der Waals surface area contributed by atoms with Crippen molar-refractivity contribution in [1.29, 1.82) is 0 Å². The van der Waals surface area contributed by atoms with Crippen LogP contribution in [0.5, 0.6) is 11.5 Å². The van der Waals surface area contributed by atoms with Gasteiger partial charge in [-0.3, -0.25) is 0 Å². The Labute approximate surface area is 167 Å². The largest absolute Gasteiger partial charge is 0.486 e. The van der Waals surface area contributed by atoms with Gasteiger partial charge >= 0.3 is 0 Å². The van der Waals surface area contributed by atoms with Gasteiger partial charge in [0.15, 0.2) is 23.0 Å². The van der Waals surface area contributed by atoms with Crippen molar-refractivity contribution in [3.63, 3.8) is 0 Å². The van der Waals surface area contributed by atoms with E-state index in [1.165, 1.54) is 0 Å². The van der Waals surface area contributed by atoms with Gasteiger partial charge in [0.05, 0.1) is 16.9 Å². The van der Waals surface area contributed by atoms with E-state index in [9.17, 15) is 0 Å². The number of ether oxygens (including phenoxy) is 2. The molecule has 0 amide bonds. The highest BCUT2D eigenvalue weighted by atomic mass is 35.5. The highest BCUT2D eigenvalue weighted by Crippen LogP contribution is 2.36. The molecule has 0 unspecified atom stereocenters. The Bertz CT molecular complexity index is 995. The van der Waals surface area contributed by atoms with Crippen molar-refractivity contribution in [1.82, 2.24) is 25.1 Å². The number of fused-ring (bicyclic) bond motifs is 1. The number of hydrogen-bond acceptors (Lipinski definition) is 8. The van der Waals surface area contributed by atoms with Gasteiger partial charge in [-0.1, -0.05) is 23.2 Å². The van der Waals surface area contributed by atoms with Crippen LogP contribution in [-0.4, -0.2) is 38.3 Å².